The maximum absolute atomic E-state index is 12.3. The van der Waals surface area contributed by atoms with E-state index in [9.17, 15) is 8.78 Å². The first-order valence-electron chi connectivity index (χ1n) is 2.87. The molecule has 1 heterocycles. The fraction of sp³-hybridized carbons (Fsp3) is 0.143. The summed E-state index contributed by atoms with van der Waals surface area (Å²) < 4.78 is 24.6. The van der Waals surface area contributed by atoms with Gasteiger partial charge in [-0.25, -0.2) is 6.57 Å². The molecule has 0 bridgehead atoms. The minimum absolute atomic E-state index is 0.0175. The molecule has 1 aromatic rings. The second kappa shape index (κ2) is 3.06. The van der Waals surface area contributed by atoms with E-state index in [1.54, 1.807) is 0 Å². The van der Waals surface area contributed by atoms with Gasteiger partial charge < -0.3 is 4.85 Å². The van der Waals surface area contributed by atoms with E-state index in [4.69, 9.17) is 6.57 Å². The molecule has 0 unspecified atom stereocenters. The lowest BCUT2D eigenvalue weighted by molar-refractivity contribution is 0.510. The monoisotopic (exact) mass is 154 g/mol. The first-order chi connectivity index (χ1) is 5.22. The highest BCUT2D eigenvalue weighted by atomic mass is 19.1. The van der Waals surface area contributed by atoms with Crippen molar-refractivity contribution >= 4 is 0 Å². The van der Waals surface area contributed by atoms with Gasteiger partial charge in [0, 0.05) is 17.7 Å². The van der Waals surface area contributed by atoms with Crippen LogP contribution in [0.3, 0.4) is 0 Å². The molecular formula is C7H4F2N2. The van der Waals surface area contributed by atoms with E-state index in [-0.39, 0.29) is 6.54 Å². The first-order valence-corrected chi connectivity index (χ1v) is 2.87. The van der Waals surface area contributed by atoms with Crippen molar-refractivity contribution in [2.24, 2.45) is 0 Å². The summed E-state index contributed by atoms with van der Waals surface area (Å²) >= 11 is 0. The van der Waals surface area contributed by atoms with Crippen molar-refractivity contribution in [3.05, 3.63) is 41.0 Å². The van der Waals surface area contributed by atoms with Crippen LogP contribution in [-0.4, -0.2) is 4.98 Å². The van der Waals surface area contributed by atoms with Gasteiger partial charge in [0.15, 0.2) is 0 Å². The van der Waals surface area contributed by atoms with Crippen molar-refractivity contribution in [2.45, 2.75) is 6.54 Å². The second-order valence-corrected chi connectivity index (χ2v) is 1.94. The van der Waals surface area contributed by atoms with Gasteiger partial charge in [0.05, 0.1) is 0 Å². The van der Waals surface area contributed by atoms with Gasteiger partial charge >= 0.3 is 0 Å². The Balaban J connectivity index is 3.01. The van der Waals surface area contributed by atoms with E-state index < -0.39 is 11.9 Å². The van der Waals surface area contributed by atoms with Crippen molar-refractivity contribution in [1.29, 1.82) is 0 Å². The second-order valence-electron chi connectivity index (χ2n) is 1.94. The molecule has 1 rings (SSSR count). The molecule has 11 heavy (non-hydrogen) atoms. The molecule has 0 aromatic carbocycles. The molecule has 0 spiro atoms. The predicted molar refractivity (Wildman–Crippen MR) is 34.5 cm³/mol. The van der Waals surface area contributed by atoms with E-state index in [0.717, 1.165) is 12.1 Å². The zero-order valence-corrected chi connectivity index (χ0v) is 5.51. The van der Waals surface area contributed by atoms with Crippen molar-refractivity contribution in [3.8, 4) is 0 Å². The Bertz CT molecular complexity index is 284. The number of pyridine rings is 1. The summed E-state index contributed by atoms with van der Waals surface area (Å²) in [5.74, 6) is -1.77. The highest BCUT2D eigenvalue weighted by Gasteiger charge is 2.02. The zero-order valence-electron chi connectivity index (χ0n) is 5.51. The van der Waals surface area contributed by atoms with Crippen LogP contribution in [0, 0.1) is 18.5 Å². The fourth-order valence-corrected chi connectivity index (χ4v) is 0.697. The Labute approximate surface area is 62.3 Å². The summed E-state index contributed by atoms with van der Waals surface area (Å²) in [5, 5.41) is 0. The van der Waals surface area contributed by atoms with Crippen molar-refractivity contribution in [1.82, 2.24) is 4.98 Å². The van der Waals surface area contributed by atoms with Crippen LogP contribution >= 0.6 is 0 Å². The number of nitrogens with zero attached hydrogens (tertiary/aromatic N) is 2. The molecule has 4 heteroatoms. The van der Waals surface area contributed by atoms with Crippen molar-refractivity contribution in [3.63, 3.8) is 0 Å². The van der Waals surface area contributed by atoms with E-state index in [1.165, 1.54) is 0 Å². The van der Waals surface area contributed by atoms with Crippen LogP contribution in [0.4, 0.5) is 8.78 Å². The summed E-state index contributed by atoms with van der Waals surface area (Å²) in [5.41, 5.74) is 0.310. The number of rotatable bonds is 1. The summed E-state index contributed by atoms with van der Waals surface area (Å²) in [6, 6.07) is 2.09. The van der Waals surface area contributed by atoms with Crippen LogP contribution < -0.4 is 0 Å². The normalized spacial score (nSPS) is 9.18. The highest BCUT2D eigenvalue weighted by molar-refractivity contribution is 5.13. The first kappa shape index (κ1) is 7.61. The van der Waals surface area contributed by atoms with Crippen LogP contribution in [0.1, 0.15) is 5.56 Å². The zero-order chi connectivity index (χ0) is 8.27. The average molecular weight is 154 g/mol. The SMILES string of the molecule is [C-]#[N+]Cc1cc(F)nc(F)c1. The number of hydrogen-bond acceptors (Lipinski definition) is 1. The Kier molecular flexibility index (Phi) is 2.12. The molecule has 0 aliphatic heterocycles. The summed E-state index contributed by atoms with van der Waals surface area (Å²) in [4.78, 5) is 5.86. The lowest BCUT2D eigenvalue weighted by atomic mass is 10.3. The molecule has 2 nitrogen and oxygen atoms in total. The molecule has 0 fully saturated rings. The van der Waals surface area contributed by atoms with E-state index in [1.807, 2.05) is 0 Å². The molecule has 0 radical (unpaired) electrons. The third kappa shape index (κ3) is 1.97. The Hall–Kier alpha value is -1.50. The van der Waals surface area contributed by atoms with Gasteiger partial charge in [-0.1, -0.05) is 0 Å². The van der Waals surface area contributed by atoms with Crippen LogP contribution in [0.15, 0.2) is 12.1 Å². The van der Waals surface area contributed by atoms with Crippen LogP contribution in [0.25, 0.3) is 4.85 Å². The molecule has 56 valence electrons. The molecule has 0 aliphatic carbocycles. The van der Waals surface area contributed by atoms with Crippen LogP contribution in [0.5, 0.6) is 0 Å². The molecule has 0 atom stereocenters. The minimum Gasteiger partial charge on any atom is -0.312 e. The molecule has 1 aromatic heterocycles. The van der Waals surface area contributed by atoms with Crippen molar-refractivity contribution in [2.75, 3.05) is 0 Å². The Morgan fingerprint density at radius 3 is 2.36 bits per heavy atom. The van der Waals surface area contributed by atoms with Crippen LogP contribution in [-0.2, 0) is 6.54 Å². The minimum atomic E-state index is -0.886. The topological polar surface area (TPSA) is 17.2 Å². The molecule has 0 saturated heterocycles. The highest BCUT2D eigenvalue weighted by Crippen LogP contribution is 2.04. The number of hydrogen-bond donors (Lipinski definition) is 0. The van der Waals surface area contributed by atoms with Gasteiger partial charge in [0.1, 0.15) is 0 Å². The summed E-state index contributed by atoms with van der Waals surface area (Å²) in [6.45, 7) is 6.42. The smallest absolute Gasteiger partial charge is 0.240 e. The third-order valence-corrected chi connectivity index (χ3v) is 1.08. The maximum atomic E-state index is 12.3. The molecular weight excluding hydrogens is 150 g/mol. The molecule has 0 aliphatic rings. The standard InChI is InChI=1S/C7H4F2N2/c1-10-4-5-2-6(8)11-7(9)3-5/h2-3H,4H2. The lowest BCUT2D eigenvalue weighted by Crippen LogP contribution is -1.91. The van der Waals surface area contributed by atoms with Gasteiger partial charge in [0.2, 0.25) is 18.4 Å². The molecule has 0 saturated carbocycles. The maximum Gasteiger partial charge on any atom is 0.240 e. The van der Waals surface area contributed by atoms with Gasteiger partial charge in [-0.15, -0.1) is 0 Å². The van der Waals surface area contributed by atoms with Crippen LogP contribution in [0.2, 0.25) is 0 Å². The molecule has 0 N–H and O–H groups in total. The van der Waals surface area contributed by atoms with E-state index in [2.05, 4.69) is 9.83 Å². The van der Waals surface area contributed by atoms with E-state index in [0.29, 0.717) is 5.56 Å². The van der Waals surface area contributed by atoms with E-state index >= 15 is 0 Å². The quantitative estimate of drug-likeness (QED) is 0.445. The Morgan fingerprint density at radius 2 is 1.91 bits per heavy atom. The predicted octanol–water partition coefficient (Wildman–Crippen LogP) is 1.78. The van der Waals surface area contributed by atoms with Gasteiger partial charge in [0.25, 0.3) is 0 Å². The van der Waals surface area contributed by atoms with Gasteiger partial charge in [-0.05, 0) is 0 Å². The number of aromatic nitrogens is 1. The summed E-state index contributed by atoms with van der Waals surface area (Å²) in [6.07, 6.45) is 0. The lowest BCUT2D eigenvalue weighted by Gasteiger charge is -1.91. The average Bonchev–Trinajstić information content (AvgIpc) is 1.85. The molecule has 0 amide bonds. The fourth-order valence-electron chi connectivity index (χ4n) is 0.697. The largest absolute Gasteiger partial charge is 0.312 e. The third-order valence-electron chi connectivity index (χ3n) is 1.08. The van der Waals surface area contributed by atoms with Crippen molar-refractivity contribution < 1.29 is 8.78 Å². The van der Waals surface area contributed by atoms with Gasteiger partial charge in [-0.3, -0.25) is 0 Å². The number of halogens is 2. The Morgan fingerprint density at radius 1 is 1.36 bits per heavy atom. The summed E-state index contributed by atoms with van der Waals surface area (Å²) in [7, 11) is 0. The van der Waals surface area contributed by atoms with Gasteiger partial charge in [-0.2, -0.15) is 13.8 Å².